The summed E-state index contributed by atoms with van der Waals surface area (Å²) in [5, 5.41) is 4.60. The number of hydrogen-bond acceptors (Lipinski definition) is 7. The van der Waals surface area contributed by atoms with Gasteiger partial charge in [-0.15, -0.1) is 11.3 Å². The number of likely N-dealkylation sites (tertiary alicyclic amines) is 1. The van der Waals surface area contributed by atoms with Crippen molar-refractivity contribution < 1.29 is 28.6 Å². The van der Waals surface area contributed by atoms with Gasteiger partial charge >= 0.3 is 5.97 Å². The molecule has 164 valence electrons. The van der Waals surface area contributed by atoms with Crippen LogP contribution in [0.2, 0.25) is 0 Å². The van der Waals surface area contributed by atoms with Crippen LogP contribution in [-0.2, 0) is 14.3 Å². The number of carbonyl (C=O) groups excluding carboxylic acids is 3. The van der Waals surface area contributed by atoms with E-state index in [4.69, 9.17) is 14.2 Å². The summed E-state index contributed by atoms with van der Waals surface area (Å²) in [4.78, 5) is 39.9. The summed E-state index contributed by atoms with van der Waals surface area (Å²) in [6, 6.07) is 8.77. The molecule has 1 atom stereocenters. The van der Waals surface area contributed by atoms with Crippen molar-refractivity contribution in [3.8, 4) is 11.5 Å². The largest absolute Gasteiger partial charge is 0.486 e. The molecule has 2 aliphatic rings. The molecule has 4 rings (SSSR count). The van der Waals surface area contributed by atoms with Crippen molar-refractivity contribution in [3.63, 3.8) is 0 Å². The van der Waals surface area contributed by atoms with E-state index in [9.17, 15) is 14.4 Å². The van der Waals surface area contributed by atoms with Crippen molar-refractivity contribution in [1.29, 1.82) is 0 Å². The molecule has 1 aromatic carbocycles. The van der Waals surface area contributed by atoms with Crippen LogP contribution in [0.5, 0.6) is 11.5 Å². The van der Waals surface area contributed by atoms with Crippen molar-refractivity contribution in [2.45, 2.75) is 25.9 Å². The van der Waals surface area contributed by atoms with Gasteiger partial charge in [0, 0.05) is 24.8 Å². The number of hydrogen-bond donors (Lipinski definition) is 1. The summed E-state index contributed by atoms with van der Waals surface area (Å²) in [7, 11) is 0. The lowest BCUT2D eigenvalue weighted by Gasteiger charge is -2.31. The van der Waals surface area contributed by atoms with Gasteiger partial charge in [-0.05, 0) is 43.3 Å². The Bertz CT molecular complexity index is 953. The molecule has 0 spiro atoms. The van der Waals surface area contributed by atoms with Gasteiger partial charge in [0.05, 0.1) is 10.8 Å². The van der Waals surface area contributed by atoms with Gasteiger partial charge in [0.1, 0.15) is 13.2 Å². The van der Waals surface area contributed by atoms with E-state index in [1.54, 1.807) is 36.1 Å². The van der Waals surface area contributed by atoms with Gasteiger partial charge in [-0.3, -0.25) is 14.4 Å². The Labute approximate surface area is 184 Å². The van der Waals surface area contributed by atoms with E-state index < -0.39 is 18.0 Å². The first-order valence-corrected chi connectivity index (χ1v) is 11.1. The van der Waals surface area contributed by atoms with E-state index in [2.05, 4.69) is 5.32 Å². The number of nitrogens with zero attached hydrogens (tertiary/aromatic N) is 1. The summed E-state index contributed by atoms with van der Waals surface area (Å²) in [6.07, 6.45) is 0.102. The van der Waals surface area contributed by atoms with Crippen LogP contribution in [0.1, 0.15) is 29.4 Å². The number of nitrogens with one attached hydrogen (secondary N) is 1. The molecule has 0 bridgehead atoms. The fraction of sp³-hybridized carbons (Fsp3) is 0.409. The number of amides is 2. The Balaban J connectivity index is 1.26. The number of benzene rings is 1. The Morgan fingerprint density at radius 1 is 1.13 bits per heavy atom. The molecule has 1 saturated heterocycles. The van der Waals surface area contributed by atoms with E-state index >= 15 is 0 Å². The number of thiophene rings is 1. The lowest BCUT2D eigenvalue weighted by molar-refractivity contribution is -0.158. The van der Waals surface area contributed by atoms with Gasteiger partial charge < -0.3 is 24.4 Å². The number of ether oxygens (including phenoxy) is 3. The highest BCUT2D eigenvalue weighted by Crippen LogP contribution is 2.32. The summed E-state index contributed by atoms with van der Waals surface area (Å²) < 4.78 is 16.4. The second-order valence-electron chi connectivity index (χ2n) is 7.47. The molecule has 1 unspecified atom stereocenters. The number of rotatable bonds is 5. The molecule has 3 heterocycles. The third-order valence-corrected chi connectivity index (χ3v) is 6.18. The monoisotopic (exact) mass is 444 g/mol. The van der Waals surface area contributed by atoms with Gasteiger partial charge in [0.15, 0.2) is 17.6 Å². The molecule has 31 heavy (non-hydrogen) atoms. The number of piperidine rings is 1. The highest BCUT2D eigenvalue weighted by molar-refractivity contribution is 7.12. The maximum Gasteiger partial charge on any atom is 0.309 e. The molecule has 8 nitrogen and oxygen atoms in total. The second kappa shape index (κ2) is 9.38. The quantitative estimate of drug-likeness (QED) is 0.713. The topological polar surface area (TPSA) is 94.2 Å². The third-order valence-electron chi connectivity index (χ3n) is 5.32. The predicted molar refractivity (Wildman–Crippen MR) is 115 cm³/mol. The molecular weight excluding hydrogens is 420 g/mol. The van der Waals surface area contributed by atoms with Crippen LogP contribution < -0.4 is 14.8 Å². The molecule has 9 heteroatoms. The first-order chi connectivity index (χ1) is 15.0. The SMILES string of the molecule is CC(OC(=O)C1CCN(C(=O)c2cccs2)CC1)C(=O)Nc1ccc2c(c1)OCCO2. The fourth-order valence-corrected chi connectivity index (χ4v) is 4.25. The van der Waals surface area contributed by atoms with Crippen molar-refractivity contribution in [3.05, 3.63) is 40.6 Å². The average Bonchev–Trinajstić information content (AvgIpc) is 3.33. The minimum absolute atomic E-state index is 0.00556. The van der Waals surface area contributed by atoms with Crippen LogP contribution in [0.25, 0.3) is 0 Å². The lowest BCUT2D eigenvalue weighted by Crippen LogP contribution is -2.41. The first kappa shape index (κ1) is 21.2. The maximum atomic E-state index is 12.5. The first-order valence-electron chi connectivity index (χ1n) is 10.2. The van der Waals surface area contributed by atoms with E-state index in [0.717, 1.165) is 0 Å². The number of esters is 1. The molecule has 2 amide bonds. The molecule has 1 aromatic heterocycles. The van der Waals surface area contributed by atoms with Crippen LogP contribution in [0.15, 0.2) is 35.7 Å². The number of fused-ring (bicyclic) bond motifs is 1. The van der Waals surface area contributed by atoms with Crippen LogP contribution >= 0.6 is 11.3 Å². The molecule has 0 radical (unpaired) electrons. The highest BCUT2D eigenvalue weighted by Gasteiger charge is 2.31. The molecule has 0 aliphatic carbocycles. The Kier molecular flexibility index (Phi) is 6.41. The maximum absolute atomic E-state index is 12.5. The Morgan fingerprint density at radius 3 is 2.58 bits per heavy atom. The van der Waals surface area contributed by atoms with Crippen LogP contribution in [0, 0.1) is 5.92 Å². The molecule has 1 N–H and O–H groups in total. The predicted octanol–water partition coefficient (Wildman–Crippen LogP) is 2.94. The minimum Gasteiger partial charge on any atom is -0.486 e. The van der Waals surface area contributed by atoms with Crippen molar-refractivity contribution in [2.75, 3.05) is 31.6 Å². The van der Waals surface area contributed by atoms with Gasteiger partial charge in [-0.25, -0.2) is 0 Å². The molecule has 0 saturated carbocycles. The summed E-state index contributed by atoms with van der Waals surface area (Å²) >= 11 is 1.41. The van der Waals surface area contributed by atoms with Crippen LogP contribution in [-0.4, -0.2) is 55.1 Å². The minimum atomic E-state index is -0.938. The molecule has 2 aliphatic heterocycles. The molecule has 2 aromatic rings. The zero-order valence-electron chi connectivity index (χ0n) is 17.2. The van der Waals surface area contributed by atoms with Gasteiger partial charge in [-0.1, -0.05) is 6.07 Å². The van der Waals surface area contributed by atoms with Crippen molar-refractivity contribution >= 4 is 34.8 Å². The van der Waals surface area contributed by atoms with Crippen LogP contribution in [0.4, 0.5) is 5.69 Å². The highest BCUT2D eigenvalue weighted by atomic mass is 32.1. The van der Waals surface area contributed by atoms with E-state index in [1.807, 2.05) is 11.4 Å². The van der Waals surface area contributed by atoms with E-state index in [1.165, 1.54) is 11.3 Å². The number of anilines is 1. The summed E-state index contributed by atoms with van der Waals surface area (Å²) in [6.45, 7) is 3.48. The zero-order chi connectivity index (χ0) is 21.8. The van der Waals surface area contributed by atoms with Gasteiger partial charge in [0.25, 0.3) is 11.8 Å². The standard InChI is InChI=1S/C22H24N2O6S/c1-14(20(25)23-16-4-5-17-18(13-16)29-11-10-28-17)30-22(27)15-6-8-24(9-7-15)21(26)19-3-2-12-31-19/h2-5,12-15H,6-11H2,1H3,(H,23,25). The number of carbonyl (C=O) groups is 3. The normalized spacial score (nSPS) is 17.0. The fourth-order valence-electron chi connectivity index (χ4n) is 3.56. The van der Waals surface area contributed by atoms with E-state index in [0.29, 0.717) is 61.2 Å². The van der Waals surface area contributed by atoms with Crippen molar-refractivity contribution in [2.24, 2.45) is 5.92 Å². The van der Waals surface area contributed by atoms with Crippen LogP contribution in [0.3, 0.4) is 0 Å². The Morgan fingerprint density at radius 2 is 1.87 bits per heavy atom. The van der Waals surface area contributed by atoms with Gasteiger partial charge in [-0.2, -0.15) is 0 Å². The molecule has 1 fully saturated rings. The van der Waals surface area contributed by atoms with E-state index in [-0.39, 0.29) is 11.8 Å². The average molecular weight is 445 g/mol. The van der Waals surface area contributed by atoms with Crippen molar-refractivity contribution in [1.82, 2.24) is 4.90 Å². The third kappa shape index (κ3) is 4.99. The Hall–Kier alpha value is -3.07. The van der Waals surface area contributed by atoms with Gasteiger partial charge in [0.2, 0.25) is 0 Å². The summed E-state index contributed by atoms with van der Waals surface area (Å²) in [5.74, 6) is 0.0412. The summed E-state index contributed by atoms with van der Waals surface area (Å²) in [5.41, 5.74) is 0.539. The molecular formula is C22H24N2O6S. The second-order valence-corrected chi connectivity index (χ2v) is 8.42. The lowest BCUT2D eigenvalue weighted by atomic mass is 9.97. The zero-order valence-corrected chi connectivity index (χ0v) is 18.0. The smallest absolute Gasteiger partial charge is 0.309 e.